The first-order chi connectivity index (χ1) is 8.36. The van der Waals surface area contributed by atoms with E-state index in [0.717, 1.165) is 22.1 Å². The summed E-state index contributed by atoms with van der Waals surface area (Å²) < 4.78 is 11.0. The molecule has 0 saturated carbocycles. The van der Waals surface area contributed by atoms with Crippen molar-refractivity contribution in [3.8, 4) is 28.1 Å². The molecule has 0 amide bonds. The molecule has 2 heterocycles. The molecule has 17 heavy (non-hydrogen) atoms. The molecule has 1 aromatic heterocycles. The van der Waals surface area contributed by atoms with Gasteiger partial charge in [0.05, 0.1) is 0 Å². The minimum Gasteiger partial charge on any atom is -0.486 e. The van der Waals surface area contributed by atoms with Gasteiger partial charge in [-0.25, -0.2) is 4.98 Å². The third kappa shape index (κ3) is 1.83. The van der Waals surface area contributed by atoms with Crippen LogP contribution >= 0.6 is 11.3 Å². The fourth-order valence-corrected chi connectivity index (χ4v) is 2.38. The van der Waals surface area contributed by atoms with Gasteiger partial charge in [-0.05, 0) is 18.2 Å². The highest BCUT2D eigenvalue weighted by Gasteiger charge is 2.13. The summed E-state index contributed by atoms with van der Waals surface area (Å²) in [6.45, 7) is 1.15. The summed E-state index contributed by atoms with van der Waals surface area (Å²) in [6.07, 6.45) is 0. The summed E-state index contributed by atoms with van der Waals surface area (Å²) in [5.74, 6) is 1.50. The third-order valence-corrected chi connectivity index (χ3v) is 3.30. The Morgan fingerprint density at radius 1 is 1.24 bits per heavy atom. The second kappa shape index (κ2) is 4.07. The van der Waals surface area contributed by atoms with Crippen LogP contribution in [0.4, 0.5) is 0 Å². The van der Waals surface area contributed by atoms with Crippen LogP contribution in [0.3, 0.4) is 0 Å². The molecule has 2 aromatic rings. The number of aromatic nitrogens is 1. The van der Waals surface area contributed by atoms with E-state index in [1.54, 1.807) is 5.38 Å². The normalized spacial score (nSPS) is 13.1. The number of fused-ring (bicyclic) bond motifs is 1. The molecule has 5 heteroatoms. The van der Waals surface area contributed by atoms with Gasteiger partial charge in [0.25, 0.3) is 0 Å². The number of benzene rings is 1. The Morgan fingerprint density at radius 3 is 2.82 bits per heavy atom. The van der Waals surface area contributed by atoms with E-state index in [2.05, 4.69) is 4.98 Å². The topological polar surface area (TPSA) is 55.1 Å². The van der Waals surface area contributed by atoms with Gasteiger partial charge in [-0.3, -0.25) is 0 Å². The Hall–Kier alpha value is -2.06. The van der Waals surface area contributed by atoms with Crippen LogP contribution in [0.2, 0.25) is 0 Å². The molecule has 3 rings (SSSR count). The predicted octanol–water partition coefficient (Wildman–Crippen LogP) is 2.45. The van der Waals surface area contributed by atoms with E-state index in [0.29, 0.717) is 18.9 Å². The lowest BCUT2D eigenvalue weighted by Crippen LogP contribution is -2.15. The molecular weight excluding hydrogens is 236 g/mol. The van der Waals surface area contributed by atoms with Gasteiger partial charge in [-0.15, -0.1) is 11.3 Å². The van der Waals surface area contributed by atoms with Crippen LogP contribution < -0.4 is 9.47 Å². The molecule has 84 valence electrons. The van der Waals surface area contributed by atoms with Crippen LogP contribution in [0.15, 0.2) is 23.6 Å². The molecule has 0 spiro atoms. The van der Waals surface area contributed by atoms with E-state index >= 15 is 0 Å². The highest BCUT2D eigenvalue weighted by molar-refractivity contribution is 7.13. The summed E-state index contributed by atoms with van der Waals surface area (Å²) in [7, 11) is 0. The van der Waals surface area contributed by atoms with Crippen molar-refractivity contribution in [1.82, 2.24) is 4.98 Å². The van der Waals surface area contributed by atoms with Crippen LogP contribution in [0.1, 0.15) is 5.69 Å². The number of thiazole rings is 1. The van der Waals surface area contributed by atoms with Crippen molar-refractivity contribution >= 4 is 11.3 Å². The lowest BCUT2D eigenvalue weighted by Gasteiger charge is -2.18. The van der Waals surface area contributed by atoms with E-state index in [-0.39, 0.29) is 0 Å². The minimum atomic E-state index is 0.444. The molecule has 0 aliphatic carbocycles. The zero-order chi connectivity index (χ0) is 11.7. The Bertz CT molecular complexity index is 601. The smallest absolute Gasteiger partial charge is 0.162 e. The van der Waals surface area contributed by atoms with E-state index in [1.165, 1.54) is 11.3 Å². The zero-order valence-electron chi connectivity index (χ0n) is 8.84. The van der Waals surface area contributed by atoms with Crippen molar-refractivity contribution in [3.05, 3.63) is 29.3 Å². The van der Waals surface area contributed by atoms with Crippen molar-refractivity contribution in [2.75, 3.05) is 13.2 Å². The van der Waals surface area contributed by atoms with Crippen molar-refractivity contribution in [3.63, 3.8) is 0 Å². The van der Waals surface area contributed by atoms with Crippen molar-refractivity contribution < 1.29 is 9.47 Å². The van der Waals surface area contributed by atoms with E-state index < -0.39 is 0 Å². The van der Waals surface area contributed by atoms with Gasteiger partial charge in [0.2, 0.25) is 0 Å². The molecule has 0 radical (unpaired) electrons. The predicted molar refractivity (Wildman–Crippen MR) is 63.3 cm³/mol. The maximum absolute atomic E-state index is 8.74. The highest BCUT2D eigenvalue weighted by atomic mass is 32.1. The van der Waals surface area contributed by atoms with Crippen LogP contribution in [-0.2, 0) is 0 Å². The summed E-state index contributed by atoms with van der Waals surface area (Å²) in [4.78, 5) is 4.21. The van der Waals surface area contributed by atoms with Gasteiger partial charge in [-0.1, -0.05) is 0 Å². The molecule has 1 aliphatic rings. The fraction of sp³-hybridized carbons (Fsp3) is 0.167. The van der Waals surface area contributed by atoms with Crippen LogP contribution in [-0.4, -0.2) is 18.2 Å². The Labute approximate surface area is 102 Å². The quantitative estimate of drug-likeness (QED) is 0.773. The van der Waals surface area contributed by atoms with Gasteiger partial charge in [-0.2, -0.15) is 5.26 Å². The number of rotatable bonds is 1. The first-order valence-electron chi connectivity index (χ1n) is 5.12. The van der Waals surface area contributed by atoms with Gasteiger partial charge in [0, 0.05) is 10.9 Å². The lowest BCUT2D eigenvalue weighted by atomic mass is 10.2. The Balaban J connectivity index is 2.01. The summed E-state index contributed by atoms with van der Waals surface area (Å²) in [5, 5.41) is 11.3. The minimum absolute atomic E-state index is 0.444. The molecular formula is C12H8N2O2S. The molecule has 0 N–H and O–H groups in total. The average Bonchev–Trinajstić information content (AvgIpc) is 2.87. The summed E-state index contributed by atoms with van der Waals surface area (Å²) >= 11 is 1.45. The standard InChI is InChI=1S/C12H8N2O2S/c13-6-9-7-17-12(14-9)8-1-2-10-11(5-8)16-4-3-15-10/h1-2,5,7H,3-4H2. The molecule has 0 saturated heterocycles. The fourth-order valence-electron chi connectivity index (χ4n) is 1.63. The summed E-state index contributed by atoms with van der Waals surface area (Å²) in [5.41, 5.74) is 1.39. The second-order valence-electron chi connectivity index (χ2n) is 3.51. The Morgan fingerprint density at radius 2 is 2.06 bits per heavy atom. The second-order valence-corrected chi connectivity index (χ2v) is 4.37. The molecule has 1 aromatic carbocycles. The number of ether oxygens (including phenoxy) is 2. The average molecular weight is 244 g/mol. The van der Waals surface area contributed by atoms with Crippen molar-refractivity contribution in [2.45, 2.75) is 0 Å². The van der Waals surface area contributed by atoms with E-state index in [4.69, 9.17) is 14.7 Å². The zero-order valence-corrected chi connectivity index (χ0v) is 9.66. The number of hydrogen-bond donors (Lipinski definition) is 0. The SMILES string of the molecule is N#Cc1csc(-c2ccc3c(c2)OCCO3)n1. The monoisotopic (exact) mass is 244 g/mol. The van der Waals surface area contributed by atoms with Gasteiger partial charge in [0.15, 0.2) is 17.2 Å². The van der Waals surface area contributed by atoms with Crippen molar-refractivity contribution in [2.24, 2.45) is 0 Å². The van der Waals surface area contributed by atoms with E-state index in [9.17, 15) is 0 Å². The maximum Gasteiger partial charge on any atom is 0.162 e. The third-order valence-electron chi connectivity index (χ3n) is 2.41. The lowest BCUT2D eigenvalue weighted by molar-refractivity contribution is 0.171. The number of nitriles is 1. The first-order valence-corrected chi connectivity index (χ1v) is 6.00. The maximum atomic E-state index is 8.74. The molecule has 4 nitrogen and oxygen atoms in total. The molecule has 0 unspecified atom stereocenters. The Kier molecular flexibility index (Phi) is 2.42. The largest absolute Gasteiger partial charge is 0.486 e. The van der Waals surface area contributed by atoms with E-state index in [1.807, 2.05) is 24.3 Å². The molecule has 1 aliphatic heterocycles. The van der Waals surface area contributed by atoms with Crippen molar-refractivity contribution in [1.29, 1.82) is 5.26 Å². The first kappa shape index (κ1) is 10.1. The number of nitrogens with zero attached hydrogens (tertiary/aromatic N) is 2. The summed E-state index contributed by atoms with van der Waals surface area (Å²) in [6, 6.07) is 7.72. The highest BCUT2D eigenvalue weighted by Crippen LogP contribution is 2.35. The van der Waals surface area contributed by atoms with Crippen LogP contribution in [0.25, 0.3) is 10.6 Å². The molecule has 0 atom stereocenters. The van der Waals surface area contributed by atoms with Gasteiger partial charge in [0.1, 0.15) is 24.3 Å². The molecule has 0 fully saturated rings. The van der Waals surface area contributed by atoms with Gasteiger partial charge >= 0.3 is 0 Å². The van der Waals surface area contributed by atoms with Gasteiger partial charge < -0.3 is 9.47 Å². The van der Waals surface area contributed by atoms with Crippen LogP contribution in [0, 0.1) is 11.3 Å². The van der Waals surface area contributed by atoms with Crippen LogP contribution in [0.5, 0.6) is 11.5 Å². The number of hydrogen-bond acceptors (Lipinski definition) is 5. The molecule has 0 bridgehead atoms.